The van der Waals surface area contributed by atoms with E-state index >= 15 is 0 Å². The minimum atomic E-state index is 0.388. The molecule has 4 unspecified atom stereocenters. The van der Waals surface area contributed by atoms with Crippen molar-refractivity contribution in [3.8, 4) is 0 Å². The molecule has 0 heterocycles. The number of hydrogen-bond acceptors (Lipinski definition) is 1. The fourth-order valence-corrected chi connectivity index (χ4v) is 5.85. The lowest BCUT2D eigenvalue weighted by atomic mass is 9.75. The van der Waals surface area contributed by atoms with Gasteiger partial charge in [0.05, 0.1) is 0 Å². The maximum Gasteiger partial charge on any atom is 0.123 e. The minimum Gasteiger partial charge on any atom is -0.303 e. The summed E-state index contributed by atoms with van der Waals surface area (Å²) in [5.74, 6) is 4.07. The Morgan fingerprint density at radius 2 is 1.28 bits per heavy atom. The molecular weight excluding hydrogens is 304 g/mol. The summed E-state index contributed by atoms with van der Waals surface area (Å²) >= 11 is 0. The fraction of sp³-hybridized carbons (Fsp3) is 0.958. The molecular formula is C24H44O. The molecule has 1 nitrogen and oxygen atoms in total. The molecule has 4 atom stereocenters. The quantitative estimate of drug-likeness (QED) is 0.278. The molecule has 2 aliphatic rings. The highest BCUT2D eigenvalue weighted by Crippen LogP contribution is 2.35. The van der Waals surface area contributed by atoms with Gasteiger partial charge >= 0.3 is 0 Å². The normalized spacial score (nSPS) is 33.3. The van der Waals surface area contributed by atoms with Gasteiger partial charge < -0.3 is 4.79 Å². The number of unbranched alkanes of at least 4 members (excludes halogenated alkanes) is 6. The highest BCUT2D eigenvalue weighted by molar-refractivity contribution is 5.54. The van der Waals surface area contributed by atoms with Crippen LogP contribution in [0.3, 0.4) is 0 Å². The van der Waals surface area contributed by atoms with Crippen LogP contribution < -0.4 is 0 Å². The summed E-state index contributed by atoms with van der Waals surface area (Å²) in [4.78, 5) is 11.2. The van der Waals surface area contributed by atoms with E-state index in [-0.39, 0.29) is 0 Å². The summed E-state index contributed by atoms with van der Waals surface area (Å²) in [5.41, 5.74) is 0. The van der Waals surface area contributed by atoms with Crippen molar-refractivity contribution in [2.24, 2.45) is 29.6 Å². The van der Waals surface area contributed by atoms with Crippen LogP contribution in [0.4, 0.5) is 0 Å². The van der Waals surface area contributed by atoms with E-state index in [4.69, 9.17) is 0 Å². The van der Waals surface area contributed by atoms with Crippen molar-refractivity contribution < 1.29 is 4.79 Å². The molecule has 0 bridgehead atoms. The van der Waals surface area contributed by atoms with Gasteiger partial charge in [0.15, 0.2) is 0 Å². The van der Waals surface area contributed by atoms with Crippen LogP contribution in [0, 0.1) is 29.6 Å². The van der Waals surface area contributed by atoms with Crippen molar-refractivity contribution in [3.05, 3.63) is 0 Å². The lowest BCUT2D eigenvalue weighted by molar-refractivity contribution is -0.113. The van der Waals surface area contributed by atoms with Crippen LogP contribution in [0.2, 0.25) is 0 Å². The fourth-order valence-electron chi connectivity index (χ4n) is 5.85. The van der Waals surface area contributed by atoms with Gasteiger partial charge in [-0.25, -0.2) is 0 Å². The number of carbonyl (C=O) groups excluding carboxylic acids is 1. The molecule has 2 saturated carbocycles. The summed E-state index contributed by atoms with van der Waals surface area (Å²) in [6.07, 6.45) is 23.5. The van der Waals surface area contributed by atoms with E-state index in [9.17, 15) is 4.79 Å². The Bertz CT molecular complexity index is 340. The summed E-state index contributed by atoms with van der Waals surface area (Å²) < 4.78 is 0. The highest BCUT2D eigenvalue weighted by atomic mass is 16.1. The van der Waals surface area contributed by atoms with Crippen LogP contribution in [0.15, 0.2) is 0 Å². The van der Waals surface area contributed by atoms with Crippen LogP contribution in [0.5, 0.6) is 0 Å². The Labute approximate surface area is 157 Å². The third kappa shape index (κ3) is 8.27. The van der Waals surface area contributed by atoms with Crippen LogP contribution in [-0.4, -0.2) is 6.29 Å². The van der Waals surface area contributed by atoms with E-state index in [1.54, 1.807) is 0 Å². The Kier molecular flexibility index (Phi) is 10.2. The smallest absolute Gasteiger partial charge is 0.123 e. The first kappa shape index (κ1) is 21.0. The molecule has 0 aromatic carbocycles. The molecule has 2 fully saturated rings. The van der Waals surface area contributed by atoms with Crippen molar-refractivity contribution in [1.82, 2.24) is 0 Å². The highest BCUT2D eigenvalue weighted by Gasteiger charge is 2.24. The third-order valence-electron chi connectivity index (χ3n) is 7.11. The largest absolute Gasteiger partial charge is 0.303 e. The molecule has 0 saturated heterocycles. The first-order chi connectivity index (χ1) is 12.2. The van der Waals surface area contributed by atoms with Gasteiger partial charge in [0.1, 0.15) is 6.29 Å². The van der Waals surface area contributed by atoms with E-state index < -0.39 is 0 Å². The van der Waals surface area contributed by atoms with Crippen LogP contribution in [-0.2, 0) is 4.79 Å². The Morgan fingerprint density at radius 1 is 0.720 bits per heavy atom. The second kappa shape index (κ2) is 12.1. The van der Waals surface area contributed by atoms with Gasteiger partial charge in [-0.1, -0.05) is 78.1 Å². The summed E-state index contributed by atoms with van der Waals surface area (Å²) in [7, 11) is 0. The van der Waals surface area contributed by atoms with Crippen LogP contribution in [0.1, 0.15) is 117 Å². The Morgan fingerprint density at radius 3 is 1.92 bits per heavy atom. The predicted octanol–water partition coefficient (Wildman–Crippen LogP) is 7.57. The second-order valence-electron chi connectivity index (χ2n) is 9.68. The molecule has 2 rings (SSSR count). The average molecular weight is 349 g/mol. The van der Waals surface area contributed by atoms with E-state index in [0.29, 0.717) is 11.8 Å². The van der Waals surface area contributed by atoms with Crippen molar-refractivity contribution in [2.75, 3.05) is 0 Å². The van der Waals surface area contributed by atoms with Gasteiger partial charge in [-0.3, -0.25) is 0 Å². The first-order valence-electron chi connectivity index (χ1n) is 11.6. The number of rotatable bonds is 11. The van der Waals surface area contributed by atoms with Gasteiger partial charge in [0.2, 0.25) is 0 Å². The zero-order valence-electron chi connectivity index (χ0n) is 17.2. The molecule has 2 aliphatic carbocycles. The molecule has 1 heteroatoms. The van der Waals surface area contributed by atoms with Crippen LogP contribution in [0.25, 0.3) is 0 Å². The van der Waals surface area contributed by atoms with Gasteiger partial charge in [-0.15, -0.1) is 0 Å². The molecule has 0 N–H and O–H groups in total. The molecule has 0 amide bonds. The Balaban J connectivity index is 1.40. The van der Waals surface area contributed by atoms with Gasteiger partial charge in [0.25, 0.3) is 0 Å². The van der Waals surface area contributed by atoms with Gasteiger partial charge in [-0.2, -0.15) is 0 Å². The van der Waals surface area contributed by atoms with Gasteiger partial charge in [0, 0.05) is 5.92 Å². The number of hydrogen-bond donors (Lipinski definition) is 0. The van der Waals surface area contributed by atoms with E-state index in [0.717, 1.165) is 24.2 Å². The van der Waals surface area contributed by atoms with E-state index in [1.807, 2.05) is 0 Å². The lowest BCUT2D eigenvalue weighted by Crippen LogP contribution is -2.20. The van der Waals surface area contributed by atoms with E-state index in [1.165, 1.54) is 103 Å². The summed E-state index contributed by atoms with van der Waals surface area (Å²) in [6, 6.07) is 0. The maximum atomic E-state index is 11.2. The monoisotopic (exact) mass is 348 g/mol. The third-order valence-corrected chi connectivity index (χ3v) is 7.11. The Hall–Kier alpha value is -0.330. The molecule has 0 aromatic rings. The molecule has 0 radical (unpaired) electrons. The molecule has 0 aliphatic heterocycles. The SMILES string of the molecule is CC1CC(C)CC(CCCCCCCCCC2CCCCC2C=O)C1. The zero-order valence-corrected chi connectivity index (χ0v) is 17.2. The molecule has 146 valence electrons. The number of carbonyl (C=O) groups is 1. The topological polar surface area (TPSA) is 17.1 Å². The molecule has 0 aromatic heterocycles. The standard InChI is InChI=1S/C24H44O/c1-20-16-21(2)18-22(17-20)12-8-6-4-3-5-7-9-13-23-14-10-11-15-24(23)19-25/h19-24H,3-18H2,1-2H3. The van der Waals surface area contributed by atoms with Crippen molar-refractivity contribution in [2.45, 2.75) is 117 Å². The van der Waals surface area contributed by atoms with Crippen molar-refractivity contribution >= 4 is 6.29 Å². The molecule has 0 spiro atoms. The van der Waals surface area contributed by atoms with Crippen molar-refractivity contribution in [1.29, 1.82) is 0 Å². The van der Waals surface area contributed by atoms with Gasteiger partial charge in [-0.05, 0) is 62.2 Å². The van der Waals surface area contributed by atoms with Crippen molar-refractivity contribution in [3.63, 3.8) is 0 Å². The zero-order chi connectivity index (χ0) is 17.9. The number of aldehydes is 1. The second-order valence-corrected chi connectivity index (χ2v) is 9.68. The average Bonchev–Trinajstić information content (AvgIpc) is 2.60. The lowest BCUT2D eigenvalue weighted by Gasteiger charge is -2.31. The first-order valence-corrected chi connectivity index (χ1v) is 11.6. The predicted molar refractivity (Wildman–Crippen MR) is 109 cm³/mol. The van der Waals surface area contributed by atoms with Crippen LogP contribution >= 0.6 is 0 Å². The molecule has 25 heavy (non-hydrogen) atoms. The summed E-state index contributed by atoms with van der Waals surface area (Å²) in [5, 5.41) is 0. The van der Waals surface area contributed by atoms with E-state index in [2.05, 4.69) is 13.8 Å². The minimum absolute atomic E-state index is 0.388. The maximum absolute atomic E-state index is 11.2. The summed E-state index contributed by atoms with van der Waals surface area (Å²) in [6.45, 7) is 4.90.